The van der Waals surface area contributed by atoms with E-state index < -0.39 is 0 Å². The van der Waals surface area contributed by atoms with Gasteiger partial charge in [-0.3, -0.25) is 9.69 Å². The van der Waals surface area contributed by atoms with Crippen LogP contribution in [0.1, 0.15) is 49.4 Å². The van der Waals surface area contributed by atoms with E-state index in [1.165, 1.54) is 19.3 Å². The second-order valence-electron chi connectivity index (χ2n) is 7.00. The van der Waals surface area contributed by atoms with Gasteiger partial charge < -0.3 is 14.8 Å². The second-order valence-corrected chi connectivity index (χ2v) is 7.00. The van der Waals surface area contributed by atoms with Crippen molar-refractivity contribution in [1.82, 2.24) is 10.2 Å². The van der Waals surface area contributed by atoms with E-state index in [-0.39, 0.29) is 11.4 Å². The lowest BCUT2D eigenvalue weighted by Crippen LogP contribution is -2.59. The molecular weight excluding hydrogens is 316 g/mol. The third kappa shape index (κ3) is 4.33. The number of ether oxygens (including phenoxy) is 2. The summed E-state index contributed by atoms with van der Waals surface area (Å²) < 4.78 is 11.1. The van der Waals surface area contributed by atoms with Crippen LogP contribution in [0.15, 0.2) is 24.3 Å². The van der Waals surface area contributed by atoms with E-state index in [1.54, 1.807) is 0 Å². The number of rotatable bonds is 6. The number of nitrogens with zero attached hydrogens (tertiary/aromatic N) is 1. The Bertz CT molecular complexity index is 564. The van der Waals surface area contributed by atoms with Gasteiger partial charge in [-0.05, 0) is 31.9 Å². The largest absolute Gasteiger partial charge is 0.493 e. The molecule has 1 aliphatic carbocycles. The van der Waals surface area contributed by atoms with Gasteiger partial charge in [-0.1, -0.05) is 31.4 Å². The van der Waals surface area contributed by atoms with E-state index in [4.69, 9.17) is 9.47 Å². The van der Waals surface area contributed by atoms with Crippen molar-refractivity contribution >= 4 is 5.91 Å². The fraction of sp³-hybridized carbons (Fsp3) is 0.650. The zero-order chi connectivity index (χ0) is 17.5. The number of hydrogen-bond donors (Lipinski definition) is 1. The lowest BCUT2D eigenvalue weighted by Gasteiger charge is -2.48. The molecule has 1 amide bonds. The fourth-order valence-electron chi connectivity index (χ4n) is 4.13. The summed E-state index contributed by atoms with van der Waals surface area (Å²) in [5.41, 5.74) is 0.704. The summed E-state index contributed by atoms with van der Waals surface area (Å²) in [5.74, 6) is 0.619. The van der Waals surface area contributed by atoms with Crippen molar-refractivity contribution in [2.45, 2.75) is 44.6 Å². The van der Waals surface area contributed by atoms with Crippen LogP contribution >= 0.6 is 0 Å². The number of morpholine rings is 1. The van der Waals surface area contributed by atoms with Crippen LogP contribution in [0.3, 0.4) is 0 Å². The van der Waals surface area contributed by atoms with E-state index in [9.17, 15) is 4.79 Å². The highest BCUT2D eigenvalue weighted by Crippen LogP contribution is 2.34. The monoisotopic (exact) mass is 346 g/mol. The first-order chi connectivity index (χ1) is 12.2. The van der Waals surface area contributed by atoms with Crippen molar-refractivity contribution in [1.29, 1.82) is 0 Å². The molecule has 1 aromatic carbocycles. The molecule has 1 saturated carbocycles. The summed E-state index contributed by atoms with van der Waals surface area (Å²) >= 11 is 0. The molecule has 0 radical (unpaired) electrons. The van der Waals surface area contributed by atoms with Gasteiger partial charge in [0.15, 0.2) is 0 Å². The lowest BCUT2D eigenvalue weighted by atomic mass is 9.79. The predicted octanol–water partition coefficient (Wildman–Crippen LogP) is 2.85. The van der Waals surface area contributed by atoms with E-state index in [2.05, 4.69) is 10.2 Å². The summed E-state index contributed by atoms with van der Waals surface area (Å²) in [7, 11) is 0. The molecule has 1 N–H and O–H groups in total. The van der Waals surface area contributed by atoms with Gasteiger partial charge in [-0.15, -0.1) is 0 Å². The minimum absolute atomic E-state index is 0.0396. The average molecular weight is 346 g/mol. The standard InChI is InChI=1S/C20H30N2O3/c1-2-25-18-9-5-4-8-17(18)19(23)21-16-20(10-6-3-7-11-20)22-12-14-24-15-13-22/h4-5,8-9H,2-3,6-7,10-16H2,1H3,(H,21,23). The normalized spacial score (nSPS) is 20.8. The van der Waals surface area contributed by atoms with Crippen molar-refractivity contribution in [2.24, 2.45) is 0 Å². The molecule has 5 nitrogen and oxygen atoms in total. The van der Waals surface area contributed by atoms with Crippen LogP contribution < -0.4 is 10.1 Å². The zero-order valence-corrected chi connectivity index (χ0v) is 15.3. The van der Waals surface area contributed by atoms with Crippen LogP contribution in [-0.4, -0.2) is 55.8 Å². The maximum atomic E-state index is 12.8. The molecule has 2 fully saturated rings. The van der Waals surface area contributed by atoms with Crippen LogP contribution in [0.5, 0.6) is 5.75 Å². The molecule has 0 unspecified atom stereocenters. The van der Waals surface area contributed by atoms with Crippen molar-refractivity contribution in [3.05, 3.63) is 29.8 Å². The summed E-state index contributed by atoms with van der Waals surface area (Å²) in [6.07, 6.45) is 6.08. The minimum atomic E-state index is -0.0396. The molecule has 1 aromatic rings. The average Bonchev–Trinajstić information content (AvgIpc) is 2.68. The molecule has 2 aliphatic rings. The third-order valence-corrected chi connectivity index (χ3v) is 5.48. The summed E-state index contributed by atoms with van der Waals surface area (Å²) in [4.78, 5) is 15.3. The van der Waals surface area contributed by atoms with Crippen LogP contribution in [0.25, 0.3) is 0 Å². The van der Waals surface area contributed by atoms with Crippen LogP contribution in [0.2, 0.25) is 0 Å². The maximum absolute atomic E-state index is 12.8. The molecule has 3 rings (SSSR count). The highest BCUT2D eigenvalue weighted by atomic mass is 16.5. The molecule has 0 spiro atoms. The van der Waals surface area contributed by atoms with E-state index in [1.807, 2.05) is 31.2 Å². The van der Waals surface area contributed by atoms with Gasteiger partial charge in [0.2, 0.25) is 0 Å². The maximum Gasteiger partial charge on any atom is 0.255 e. The topological polar surface area (TPSA) is 50.8 Å². The van der Waals surface area contributed by atoms with Gasteiger partial charge in [0, 0.05) is 25.2 Å². The van der Waals surface area contributed by atoms with Crippen LogP contribution in [-0.2, 0) is 4.74 Å². The number of carbonyl (C=O) groups is 1. The first kappa shape index (κ1) is 18.2. The summed E-state index contributed by atoms with van der Waals surface area (Å²) in [5, 5.41) is 3.20. The first-order valence-electron chi connectivity index (χ1n) is 9.58. The van der Waals surface area contributed by atoms with Gasteiger partial charge in [0.25, 0.3) is 5.91 Å². The van der Waals surface area contributed by atoms with Gasteiger partial charge in [0.05, 0.1) is 25.4 Å². The number of para-hydroxylation sites is 1. The van der Waals surface area contributed by atoms with Gasteiger partial charge in [-0.2, -0.15) is 0 Å². The van der Waals surface area contributed by atoms with Crippen LogP contribution in [0.4, 0.5) is 0 Å². The number of carbonyl (C=O) groups excluding carboxylic acids is 1. The Morgan fingerprint density at radius 1 is 1.20 bits per heavy atom. The SMILES string of the molecule is CCOc1ccccc1C(=O)NCC1(N2CCOCC2)CCCCC1. The Morgan fingerprint density at radius 2 is 1.92 bits per heavy atom. The van der Waals surface area contributed by atoms with E-state index in [0.29, 0.717) is 24.5 Å². The Labute approximate surface area is 150 Å². The second kappa shape index (κ2) is 8.68. The lowest BCUT2D eigenvalue weighted by molar-refractivity contribution is -0.0361. The molecule has 0 atom stereocenters. The van der Waals surface area contributed by atoms with E-state index in [0.717, 1.165) is 39.1 Å². The summed E-state index contributed by atoms with van der Waals surface area (Å²) in [6.45, 7) is 6.71. The first-order valence-corrected chi connectivity index (χ1v) is 9.58. The minimum Gasteiger partial charge on any atom is -0.493 e. The Hall–Kier alpha value is -1.59. The smallest absolute Gasteiger partial charge is 0.255 e. The Kier molecular flexibility index (Phi) is 6.32. The van der Waals surface area contributed by atoms with Crippen molar-refractivity contribution < 1.29 is 14.3 Å². The van der Waals surface area contributed by atoms with Gasteiger partial charge in [-0.25, -0.2) is 0 Å². The predicted molar refractivity (Wildman–Crippen MR) is 98.2 cm³/mol. The highest BCUT2D eigenvalue weighted by molar-refractivity contribution is 5.96. The van der Waals surface area contributed by atoms with Crippen molar-refractivity contribution in [3.63, 3.8) is 0 Å². The zero-order valence-electron chi connectivity index (χ0n) is 15.3. The highest BCUT2D eigenvalue weighted by Gasteiger charge is 2.38. The Balaban J connectivity index is 1.69. The third-order valence-electron chi connectivity index (χ3n) is 5.48. The molecule has 0 aromatic heterocycles. The quantitative estimate of drug-likeness (QED) is 0.860. The van der Waals surface area contributed by atoms with Gasteiger partial charge in [0.1, 0.15) is 5.75 Å². The number of amides is 1. The molecule has 0 bridgehead atoms. The van der Waals surface area contributed by atoms with Crippen molar-refractivity contribution in [2.75, 3.05) is 39.5 Å². The molecule has 25 heavy (non-hydrogen) atoms. The fourth-order valence-corrected chi connectivity index (χ4v) is 4.13. The summed E-state index contributed by atoms with van der Waals surface area (Å²) in [6, 6.07) is 7.48. The number of nitrogens with one attached hydrogen (secondary N) is 1. The molecule has 1 heterocycles. The van der Waals surface area contributed by atoms with Gasteiger partial charge >= 0.3 is 0 Å². The number of hydrogen-bond acceptors (Lipinski definition) is 4. The number of benzene rings is 1. The Morgan fingerprint density at radius 3 is 2.64 bits per heavy atom. The van der Waals surface area contributed by atoms with E-state index >= 15 is 0 Å². The molecule has 5 heteroatoms. The molecule has 1 aliphatic heterocycles. The van der Waals surface area contributed by atoms with Crippen LogP contribution in [0, 0.1) is 0 Å². The molecule has 138 valence electrons. The molecule has 1 saturated heterocycles. The van der Waals surface area contributed by atoms with Crippen molar-refractivity contribution in [3.8, 4) is 5.75 Å². The molecular formula is C20H30N2O3.